The molecule has 1 saturated heterocycles. The standard InChI is InChI=1S/C13H18F2N2O/c1-9(17-6-4-16-5-7-17)13(18)11-8-10(14)2-3-12(11)15/h2-3,8-9,13,16,18H,4-7H2,1H3. The highest BCUT2D eigenvalue weighted by Gasteiger charge is 2.26. The third-order valence-electron chi connectivity index (χ3n) is 3.46. The second-order valence-electron chi connectivity index (χ2n) is 4.64. The van der Waals surface area contributed by atoms with Crippen molar-refractivity contribution in [3.05, 3.63) is 35.4 Å². The summed E-state index contributed by atoms with van der Waals surface area (Å²) in [6, 6.07) is 2.95. The zero-order valence-corrected chi connectivity index (χ0v) is 10.4. The molecule has 2 rings (SSSR count). The van der Waals surface area contributed by atoms with E-state index in [1.165, 1.54) is 0 Å². The van der Waals surface area contributed by atoms with Crippen LogP contribution in [0.3, 0.4) is 0 Å². The second-order valence-corrected chi connectivity index (χ2v) is 4.64. The number of hydrogen-bond acceptors (Lipinski definition) is 3. The Morgan fingerprint density at radius 1 is 1.28 bits per heavy atom. The third kappa shape index (κ3) is 2.85. The minimum absolute atomic E-state index is 0.0287. The van der Waals surface area contributed by atoms with Gasteiger partial charge in [-0.05, 0) is 25.1 Å². The molecule has 1 aliphatic rings. The van der Waals surface area contributed by atoms with E-state index in [4.69, 9.17) is 0 Å². The van der Waals surface area contributed by atoms with Crippen molar-refractivity contribution in [1.82, 2.24) is 10.2 Å². The van der Waals surface area contributed by atoms with Crippen molar-refractivity contribution in [3.63, 3.8) is 0 Å². The van der Waals surface area contributed by atoms with Crippen molar-refractivity contribution < 1.29 is 13.9 Å². The van der Waals surface area contributed by atoms with Crippen molar-refractivity contribution >= 4 is 0 Å². The maximum absolute atomic E-state index is 13.6. The van der Waals surface area contributed by atoms with Crippen molar-refractivity contribution in [2.75, 3.05) is 26.2 Å². The lowest BCUT2D eigenvalue weighted by atomic mass is 10.0. The summed E-state index contributed by atoms with van der Waals surface area (Å²) in [6.07, 6.45) is -1.02. The summed E-state index contributed by atoms with van der Waals surface area (Å²) in [7, 11) is 0. The molecule has 1 aromatic carbocycles. The number of aliphatic hydroxyl groups excluding tert-OH is 1. The van der Waals surface area contributed by atoms with E-state index in [1.807, 2.05) is 6.92 Å². The van der Waals surface area contributed by atoms with Gasteiger partial charge in [0.25, 0.3) is 0 Å². The fraction of sp³-hybridized carbons (Fsp3) is 0.538. The van der Waals surface area contributed by atoms with Gasteiger partial charge in [0.2, 0.25) is 0 Å². The van der Waals surface area contributed by atoms with E-state index in [0.717, 1.165) is 44.4 Å². The van der Waals surface area contributed by atoms with Crippen molar-refractivity contribution in [3.8, 4) is 0 Å². The Bertz CT molecular complexity index is 408. The van der Waals surface area contributed by atoms with Gasteiger partial charge >= 0.3 is 0 Å². The minimum Gasteiger partial charge on any atom is -0.387 e. The van der Waals surface area contributed by atoms with Gasteiger partial charge in [-0.2, -0.15) is 0 Å². The van der Waals surface area contributed by atoms with E-state index < -0.39 is 17.7 Å². The lowest BCUT2D eigenvalue weighted by Gasteiger charge is -2.35. The predicted octanol–water partition coefficient (Wildman–Crippen LogP) is 1.29. The number of hydrogen-bond donors (Lipinski definition) is 2. The number of benzene rings is 1. The van der Waals surface area contributed by atoms with Gasteiger partial charge < -0.3 is 10.4 Å². The molecule has 0 bridgehead atoms. The first-order valence-electron chi connectivity index (χ1n) is 6.17. The van der Waals surface area contributed by atoms with Crippen LogP contribution < -0.4 is 5.32 Å². The van der Waals surface area contributed by atoms with Crippen LogP contribution in [-0.4, -0.2) is 42.2 Å². The van der Waals surface area contributed by atoms with Crippen molar-refractivity contribution in [2.24, 2.45) is 0 Å². The molecular weight excluding hydrogens is 238 g/mol. The van der Waals surface area contributed by atoms with Crippen LogP contribution in [0.25, 0.3) is 0 Å². The molecule has 1 heterocycles. The first-order valence-corrected chi connectivity index (χ1v) is 6.17. The molecule has 0 aromatic heterocycles. The van der Waals surface area contributed by atoms with Gasteiger partial charge in [0.15, 0.2) is 0 Å². The molecule has 2 N–H and O–H groups in total. The molecule has 18 heavy (non-hydrogen) atoms. The smallest absolute Gasteiger partial charge is 0.129 e. The summed E-state index contributed by atoms with van der Waals surface area (Å²) in [4.78, 5) is 2.07. The largest absolute Gasteiger partial charge is 0.387 e. The molecular formula is C13H18F2N2O. The highest BCUT2D eigenvalue weighted by Crippen LogP contribution is 2.24. The lowest BCUT2D eigenvalue weighted by molar-refractivity contribution is 0.0486. The van der Waals surface area contributed by atoms with Crippen molar-refractivity contribution in [1.29, 1.82) is 0 Å². The van der Waals surface area contributed by atoms with Gasteiger partial charge in [0, 0.05) is 37.8 Å². The first kappa shape index (κ1) is 13.4. The monoisotopic (exact) mass is 256 g/mol. The Labute approximate surface area is 105 Å². The number of aliphatic hydroxyl groups is 1. The van der Waals surface area contributed by atoms with E-state index in [0.29, 0.717) is 0 Å². The molecule has 5 heteroatoms. The zero-order chi connectivity index (χ0) is 13.1. The second kappa shape index (κ2) is 5.73. The van der Waals surface area contributed by atoms with Crippen molar-refractivity contribution in [2.45, 2.75) is 19.1 Å². The molecule has 3 nitrogen and oxygen atoms in total. The van der Waals surface area contributed by atoms with Gasteiger partial charge in [-0.3, -0.25) is 4.90 Å². The van der Waals surface area contributed by atoms with E-state index in [-0.39, 0.29) is 11.6 Å². The number of nitrogens with zero attached hydrogens (tertiary/aromatic N) is 1. The molecule has 0 aliphatic carbocycles. The summed E-state index contributed by atoms with van der Waals surface area (Å²) >= 11 is 0. The highest BCUT2D eigenvalue weighted by molar-refractivity contribution is 5.22. The molecule has 2 unspecified atom stereocenters. The predicted molar refractivity (Wildman–Crippen MR) is 65.2 cm³/mol. The Balaban J connectivity index is 2.13. The normalized spacial score (nSPS) is 20.7. The molecule has 100 valence electrons. The lowest BCUT2D eigenvalue weighted by Crippen LogP contribution is -2.49. The number of halogens is 2. The van der Waals surface area contributed by atoms with Crippen LogP contribution >= 0.6 is 0 Å². The third-order valence-corrected chi connectivity index (χ3v) is 3.46. The van der Waals surface area contributed by atoms with Gasteiger partial charge in [0.1, 0.15) is 11.6 Å². The van der Waals surface area contributed by atoms with Gasteiger partial charge in [0.05, 0.1) is 6.10 Å². The number of nitrogens with one attached hydrogen (secondary N) is 1. The molecule has 1 fully saturated rings. The Morgan fingerprint density at radius 2 is 1.94 bits per heavy atom. The van der Waals surface area contributed by atoms with Crippen LogP contribution in [0.5, 0.6) is 0 Å². The molecule has 2 atom stereocenters. The average molecular weight is 256 g/mol. The maximum Gasteiger partial charge on any atom is 0.129 e. The molecule has 1 aliphatic heterocycles. The summed E-state index contributed by atoms with van der Waals surface area (Å²) in [5.74, 6) is -1.09. The fourth-order valence-electron chi connectivity index (χ4n) is 2.29. The zero-order valence-electron chi connectivity index (χ0n) is 10.4. The van der Waals surface area contributed by atoms with Crippen LogP contribution in [0.15, 0.2) is 18.2 Å². The highest BCUT2D eigenvalue weighted by atomic mass is 19.1. The van der Waals surface area contributed by atoms with Gasteiger partial charge in [-0.1, -0.05) is 0 Å². The van der Waals surface area contributed by atoms with Gasteiger partial charge in [-0.25, -0.2) is 8.78 Å². The van der Waals surface area contributed by atoms with Gasteiger partial charge in [-0.15, -0.1) is 0 Å². The Hall–Kier alpha value is -1.04. The Morgan fingerprint density at radius 3 is 2.61 bits per heavy atom. The van der Waals surface area contributed by atoms with Crippen LogP contribution in [0.4, 0.5) is 8.78 Å². The summed E-state index contributed by atoms with van der Waals surface area (Å²) < 4.78 is 26.7. The summed E-state index contributed by atoms with van der Waals surface area (Å²) in [5, 5.41) is 13.4. The van der Waals surface area contributed by atoms with Crippen LogP contribution in [0.1, 0.15) is 18.6 Å². The quantitative estimate of drug-likeness (QED) is 0.855. The summed E-state index contributed by atoms with van der Waals surface area (Å²) in [6.45, 7) is 5.13. The van der Waals surface area contributed by atoms with Crippen LogP contribution in [0.2, 0.25) is 0 Å². The molecule has 0 amide bonds. The topological polar surface area (TPSA) is 35.5 Å². The van der Waals surface area contributed by atoms with E-state index in [2.05, 4.69) is 10.2 Å². The summed E-state index contributed by atoms with van der Waals surface area (Å²) in [5.41, 5.74) is 0.0287. The number of piperazine rings is 1. The molecule has 0 spiro atoms. The minimum atomic E-state index is -1.02. The first-order chi connectivity index (χ1) is 8.59. The Kier molecular flexibility index (Phi) is 4.27. The van der Waals surface area contributed by atoms with E-state index in [9.17, 15) is 13.9 Å². The van der Waals surface area contributed by atoms with Crippen LogP contribution in [0, 0.1) is 11.6 Å². The average Bonchev–Trinajstić information content (AvgIpc) is 2.41. The SMILES string of the molecule is CC(C(O)c1cc(F)ccc1F)N1CCNCC1. The van der Waals surface area contributed by atoms with Crippen LogP contribution in [-0.2, 0) is 0 Å². The number of rotatable bonds is 3. The van der Waals surface area contributed by atoms with E-state index >= 15 is 0 Å². The maximum atomic E-state index is 13.6. The molecule has 0 saturated carbocycles. The van der Waals surface area contributed by atoms with E-state index in [1.54, 1.807) is 0 Å². The fourth-order valence-corrected chi connectivity index (χ4v) is 2.29. The molecule has 1 aromatic rings. The molecule has 0 radical (unpaired) electrons.